The van der Waals surface area contributed by atoms with E-state index >= 15 is 0 Å². The molecule has 1 heteroatoms. The number of hydrogen-bond acceptors (Lipinski definition) is 1. The Morgan fingerprint density at radius 1 is 0.941 bits per heavy atom. The Kier molecular flexibility index (Phi) is 8.78. The molecule has 0 aromatic rings. The molecule has 0 aromatic heterocycles. The molecule has 0 amide bonds. The molecule has 1 atom stereocenters. The Balaban J connectivity index is 1.90. The molecule has 102 valence electrons. The topological polar surface area (TPSA) is 12.0 Å². The maximum Gasteiger partial charge on any atom is 0.00669 e. The average Bonchev–Trinajstić information content (AvgIpc) is 2.38. The summed E-state index contributed by atoms with van der Waals surface area (Å²) >= 11 is 0. The predicted octanol–water partition coefficient (Wildman–Crippen LogP) is 4.91. The van der Waals surface area contributed by atoms with Gasteiger partial charge in [-0.05, 0) is 38.6 Å². The predicted molar refractivity (Wildman–Crippen MR) is 77.4 cm³/mol. The third-order valence-corrected chi connectivity index (χ3v) is 4.35. The lowest BCUT2D eigenvalue weighted by Gasteiger charge is -2.28. The van der Waals surface area contributed by atoms with Crippen molar-refractivity contribution in [3.63, 3.8) is 0 Å². The molecular formula is C16H33N. The minimum absolute atomic E-state index is 0.756. The van der Waals surface area contributed by atoms with Gasteiger partial charge in [-0.3, -0.25) is 0 Å². The lowest BCUT2D eigenvalue weighted by Crippen LogP contribution is -2.35. The zero-order chi connectivity index (χ0) is 12.3. The van der Waals surface area contributed by atoms with Gasteiger partial charge in [0.25, 0.3) is 0 Å². The zero-order valence-electron chi connectivity index (χ0n) is 12.1. The van der Waals surface area contributed by atoms with E-state index in [1.165, 1.54) is 77.2 Å². The summed E-state index contributed by atoms with van der Waals surface area (Å²) in [6.07, 6.45) is 15.8. The fraction of sp³-hybridized carbons (Fsp3) is 1.00. The summed E-state index contributed by atoms with van der Waals surface area (Å²) in [5.74, 6) is 0.962. The molecule has 0 bridgehead atoms. The maximum atomic E-state index is 3.74. The van der Waals surface area contributed by atoms with Crippen molar-refractivity contribution < 1.29 is 0 Å². The highest BCUT2D eigenvalue weighted by Gasteiger charge is 2.18. The molecule has 1 aliphatic rings. The standard InChI is InChI=1S/C16H33N/c1-3-4-5-6-7-11-14-17-15(2)16-12-9-8-10-13-16/h15-17H,3-14H2,1-2H3. The van der Waals surface area contributed by atoms with Crippen LogP contribution in [0.25, 0.3) is 0 Å². The minimum atomic E-state index is 0.756. The van der Waals surface area contributed by atoms with Crippen LogP contribution >= 0.6 is 0 Å². The molecule has 0 spiro atoms. The molecule has 17 heavy (non-hydrogen) atoms. The number of rotatable bonds is 9. The highest BCUT2D eigenvalue weighted by molar-refractivity contribution is 4.75. The Bertz CT molecular complexity index is 161. The molecule has 0 radical (unpaired) electrons. The fourth-order valence-electron chi connectivity index (χ4n) is 3.04. The van der Waals surface area contributed by atoms with Crippen LogP contribution in [0.4, 0.5) is 0 Å². The summed E-state index contributed by atoms with van der Waals surface area (Å²) in [4.78, 5) is 0. The average molecular weight is 239 g/mol. The van der Waals surface area contributed by atoms with Crippen molar-refractivity contribution in [3.05, 3.63) is 0 Å². The number of unbranched alkanes of at least 4 members (excludes halogenated alkanes) is 5. The van der Waals surface area contributed by atoms with E-state index in [-0.39, 0.29) is 0 Å². The van der Waals surface area contributed by atoms with Crippen LogP contribution in [0.3, 0.4) is 0 Å². The zero-order valence-corrected chi connectivity index (χ0v) is 12.1. The second-order valence-electron chi connectivity index (χ2n) is 5.91. The normalized spacial score (nSPS) is 19.4. The van der Waals surface area contributed by atoms with Gasteiger partial charge in [-0.1, -0.05) is 58.3 Å². The van der Waals surface area contributed by atoms with Crippen LogP contribution in [0.2, 0.25) is 0 Å². The van der Waals surface area contributed by atoms with E-state index in [4.69, 9.17) is 0 Å². The van der Waals surface area contributed by atoms with Crippen LogP contribution in [-0.4, -0.2) is 12.6 Å². The molecule has 1 saturated carbocycles. The van der Waals surface area contributed by atoms with E-state index in [1.807, 2.05) is 0 Å². The van der Waals surface area contributed by atoms with Gasteiger partial charge < -0.3 is 5.32 Å². The first-order valence-electron chi connectivity index (χ1n) is 8.08. The first-order chi connectivity index (χ1) is 8.34. The van der Waals surface area contributed by atoms with Crippen LogP contribution < -0.4 is 5.32 Å². The smallest absolute Gasteiger partial charge is 0.00669 e. The molecule has 0 saturated heterocycles. The summed E-state index contributed by atoms with van der Waals surface area (Å²) in [6, 6.07) is 0.756. The summed E-state index contributed by atoms with van der Waals surface area (Å²) in [5, 5.41) is 3.74. The Labute approximate surface area is 109 Å². The van der Waals surface area contributed by atoms with Gasteiger partial charge in [0.05, 0.1) is 0 Å². The molecular weight excluding hydrogens is 206 g/mol. The largest absolute Gasteiger partial charge is 0.314 e. The van der Waals surface area contributed by atoms with E-state index in [2.05, 4.69) is 19.2 Å². The van der Waals surface area contributed by atoms with Crippen LogP contribution in [0.15, 0.2) is 0 Å². The van der Waals surface area contributed by atoms with Gasteiger partial charge in [-0.15, -0.1) is 0 Å². The van der Waals surface area contributed by atoms with Gasteiger partial charge in [-0.25, -0.2) is 0 Å². The van der Waals surface area contributed by atoms with Gasteiger partial charge in [0, 0.05) is 6.04 Å². The molecule has 1 nitrogen and oxygen atoms in total. The van der Waals surface area contributed by atoms with Gasteiger partial charge in [-0.2, -0.15) is 0 Å². The van der Waals surface area contributed by atoms with Crippen molar-refractivity contribution >= 4 is 0 Å². The summed E-state index contributed by atoms with van der Waals surface area (Å²) in [6.45, 7) is 5.92. The van der Waals surface area contributed by atoms with Crippen LogP contribution in [0, 0.1) is 5.92 Å². The molecule has 0 aromatic carbocycles. The Hall–Kier alpha value is -0.0400. The number of hydrogen-bond donors (Lipinski definition) is 1. The highest BCUT2D eigenvalue weighted by Crippen LogP contribution is 2.26. The van der Waals surface area contributed by atoms with Gasteiger partial charge in [0.1, 0.15) is 0 Å². The molecule has 1 rings (SSSR count). The van der Waals surface area contributed by atoms with E-state index < -0.39 is 0 Å². The van der Waals surface area contributed by atoms with Crippen molar-refractivity contribution in [2.45, 2.75) is 90.5 Å². The highest BCUT2D eigenvalue weighted by atomic mass is 14.9. The number of nitrogens with one attached hydrogen (secondary N) is 1. The first kappa shape index (κ1) is 15.0. The van der Waals surface area contributed by atoms with E-state index in [0.29, 0.717) is 0 Å². The summed E-state index contributed by atoms with van der Waals surface area (Å²) in [5.41, 5.74) is 0. The molecule has 1 N–H and O–H groups in total. The lowest BCUT2D eigenvalue weighted by molar-refractivity contribution is 0.281. The fourth-order valence-corrected chi connectivity index (χ4v) is 3.04. The van der Waals surface area contributed by atoms with Crippen LogP contribution in [-0.2, 0) is 0 Å². The van der Waals surface area contributed by atoms with Crippen molar-refractivity contribution in [2.24, 2.45) is 5.92 Å². The Morgan fingerprint density at radius 3 is 2.29 bits per heavy atom. The molecule has 1 fully saturated rings. The third-order valence-electron chi connectivity index (χ3n) is 4.35. The van der Waals surface area contributed by atoms with Crippen molar-refractivity contribution in [1.29, 1.82) is 0 Å². The quantitative estimate of drug-likeness (QED) is 0.564. The second-order valence-corrected chi connectivity index (χ2v) is 5.91. The molecule has 1 unspecified atom stereocenters. The SMILES string of the molecule is CCCCCCCCNC(C)C1CCCCC1. The molecule has 1 aliphatic carbocycles. The van der Waals surface area contributed by atoms with Gasteiger partial charge in [0.2, 0.25) is 0 Å². The van der Waals surface area contributed by atoms with Gasteiger partial charge in [0.15, 0.2) is 0 Å². The van der Waals surface area contributed by atoms with Crippen molar-refractivity contribution in [1.82, 2.24) is 5.32 Å². The van der Waals surface area contributed by atoms with Crippen molar-refractivity contribution in [2.75, 3.05) is 6.54 Å². The molecule has 0 aliphatic heterocycles. The molecule has 0 heterocycles. The van der Waals surface area contributed by atoms with Gasteiger partial charge >= 0.3 is 0 Å². The Morgan fingerprint density at radius 2 is 1.59 bits per heavy atom. The minimum Gasteiger partial charge on any atom is -0.314 e. The monoisotopic (exact) mass is 239 g/mol. The van der Waals surface area contributed by atoms with E-state index in [1.54, 1.807) is 0 Å². The van der Waals surface area contributed by atoms with E-state index in [9.17, 15) is 0 Å². The summed E-state index contributed by atoms with van der Waals surface area (Å²) < 4.78 is 0. The van der Waals surface area contributed by atoms with Crippen LogP contribution in [0.1, 0.15) is 84.5 Å². The van der Waals surface area contributed by atoms with E-state index in [0.717, 1.165) is 12.0 Å². The lowest BCUT2D eigenvalue weighted by atomic mass is 9.84. The summed E-state index contributed by atoms with van der Waals surface area (Å²) in [7, 11) is 0. The first-order valence-corrected chi connectivity index (χ1v) is 8.08. The van der Waals surface area contributed by atoms with Crippen molar-refractivity contribution in [3.8, 4) is 0 Å². The maximum absolute atomic E-state index is 3.74. The van der Waals surface area contributed by atoms with Crippen LogP contribution in [0.5, 0.6) is 0 Å². The second kappa shape index (κ2) is 9.94. The third kappa shape index (κ3) is 7.08.